The van der Waals surface area contributed by atoms with E-state index >= 15 is 0 Å². The van der Waals surface area contributed by atoms with Crippen molar-refractivity contribution in [3.05, 3.63) is 29.6 Å². The number of carbonyl (C=O) groups is 2. The number of hydrogen-bond acceptors (Lipinski definition) is 4. The summed E-state index contributed by atoms with van der Waals surface area (Å²) >= 11 is 0. The second-order valence-corrected chi connectivity index (χ2v) is 5.30. The van der Waals surface area contributed by atoms with Crippen LogP contribution in [-0.4, -0.2) is 62.7 Å². The molecule has 0 aromatic carbocycles. The number of pyridine rings is 1. The van der Waals surface area contributed by atoms with E-state index in [1.165, 1.54) is 9.80 Å². The Balaban J connectivity index is 2.06. The van der Waals surface area contributed by atoms with Gasteiger partial charge in [-0.1, -0.05) is 6.07 Å². The highest BCUT2D eigenvalue weighted by Crippen LogP contribution is 2.20. The van der Waals surface area contributed by atoms with Gasteiger partial charge in [0.2, 0.25) is 0 Å². The van der Waals surface area contributed by atoms with E-state index in [4.69, 9.17) is 5.11 Å². The van der Waals surface area contributed by atoms with Gasteiger partial charge in [0.25, 0.3) is 0 Å². The van der Waals surface area contributed by atoms with Gasteiger partial charge in [0.05, 0.1) is 18.3 Å². The largest absolute Gasteiger partial charge is 0.480 e. The van der Waals surface area contributed by atoms with Gasteiger partial charge in [0.1, 0.15) is 6.04 Å². The highest BCUT2D eigenvalue weighted by atomic mass is 16.4. The van der Waals surface area contributed by atoms with Gasteiger partial charge in [-0.25, -0.2) is 9.59 Å². The predicted octanol–water partition coefficient (Wildman–Crippen LogP) is 0.462. The van der Waals surface area contributed by atoms with Crippen LogP contribution >= 0.6 is 0 Å². The monoisotopic (exact) mass is 293 g/mol. The lowest BCUT2D eigenvalue weighted by atomic mass is 10.2. The molecule has 2 heterocycles. The molecule has 7 heteroatoms. The molecule has 0 aliphatic carbocycles. The summed E-state index contributed by atoms with van der Waals surface area (Å²) in [5.41, 5.74) is 1.59. The van der Waals surface area contributed by atoms with Gasteiger partial charge >= 0.3 is 12.0 Å². The molecule has 2 rings (SSSR count). The highest BCUT2D eigenvalue weighted by Gasteiger charge is 2.40. The molecular weight excluding hydrogens is 274 g/mol. The van der Waals surface area contributed by atoms with Crippen molar-refractivity contribution in [2.24, 2.45) is 0 Å². The van der Waals surface area contributed by atoms with E-state index in [1.54, 1.807) is 7.05 Å². The van der Waals surface area contributed by atoms with Crippen molar-refractivity contribution in [2.45, 2.75) is 32.0 Å². The van der Waals surface area contributed by atoms with Crippen LogP contribution in [-0.2, 0) is 11.3 Å². The standard InChI is InChI=1S/C14H19N3O4/c1-9-4-3-5-10(15-9)7-16(2)14(21)17-8-11(18)6-12(17)13(19)20/h3-5,11-12,18H,6-8H2,1-2H3,(H,19,20)/t11-,12-/m1/s1. The molecule has 7 nitrogen and oxygen atoms in total. The predicted molar refractivity (Wildman–Crippen MR) is 74.6 cm³/mol. The van der Waals surface area contributed by atoms with Crippen LogP contribution in [0.25, 0.3) is 0 Å². The third kappa shape index (κ3) is 3.49. The Morgan fingerprint density at radius 3 is 2.81 bits per heavy atom. The molecule has 21 heavy (non-hydrogen) atoms. The first kappa shape index (κ1) is 15.2. The second kappa shape index (κ2) is 6.09. The summed E-state index contributed by atoms with van der Waals surface area (Å²) in [6, 6.07) is 4.14. The zero-order chi connectivity index (χ0) is 15.6. The number of aliphatic hydroxyl groups is 1. The number of aliphatic carboxylic acids is 1. The number of amides is 2. The maximum absolute atomic E-state index is 12.3. The van der Waals surface area contributed by atoms with Crippen LogP contribution in [0.15, 0.2) is 18.2 Å². The first-order valence-electron chi connectivity index (χ1n) is 6.73. The molecule has 1 saturated heterocycles. The molecule has 1 aromatic rings. The van der Waals surface area contributed by atoms with E-state index in [1.807, 2.05) is 25.1 Å². The maximum Gasteiger partial charge on any atom is 0.326 e. The molecule has 0 unspecified atom stereocenters. The molecule has 114 valence electrons. The van der Waals surface area contributed by atoms with E-state index < -0.39 is 24.1 Å². The summed E-state index contributed by atoms with van der Waals surface area (Å²) in [5.74, 6) is -1.10. The number of carboxylic acid groups (broad SMARTS) is 1. The Bertz CT molecular complexity index is 549. The van der Waals surface area contributed by atoms with Gasteiger partial charge in [0.15, 0.2) is 0 Å². The van der Waals surface area contributed by atoms with Gasteiger partial charge in [-0.15, -0.1) is 0 Å². The second-order valence-electron chi connectivity index (χ2n) is 5.30. The van der Waals surface area contributed by atoms with Crippen LogP contribution in [0.1, 0.15) is 17.8 Å². The number of rotatable bonds is 3. The minimum Gasteiger partial charge on any atom is -0.480 e. The molecule has 1 aromatic heterocycles. The summed E-state index contributed by atoms with van der Waals surface area (Å²) in [4.78, 5) is 30.4. The van der Waals surface area contributed by atoms with E-state index in [-0.39, 0.29) is 13.0 Å². The van der Waals surface area contributed by atoms with Crippen LogP contribution in [0.5, 0.6) is 0 Å². The molecule has 2 atom stereocenters. The molecule has 0 bridgehead atoms. The lowest BCUT2D eigenvalue weighted by molar-refractivity contribution is -0.141. The molecular formula is C14H19N3O4. The Labute approximate surface area is 122 Å². The smallest absolute Gasteiger partial charge is 0.326 e. The molecule has 1 aliphatic rings. The fourth-order valence-electron chi connectivity index (χ4n) is 2.48. The van der Waals surface area contributed by atoms with Crippen LogP contribution in [0, 0.1) is 6.92 Å². The van der Waals surface area contributed by atoms with Crippen molar-refractivity contribution in [2.75, 3.05) is 13.6 Å². The summed E-state index contributed by atoms with van der Waals surface area (Å²) < 4.78 is 0. The van der Waals surface area contributed by atoms with E-state index in [0.717, 1.165) is 11.4 Å². The number of aryl methyl sites for hydroxylation is 1. The fraction of sp³-hybridized carbons (Fsp3) is 0.500. The van der Waals surface area contributed by atoms with Crippen molar-refractivity contribution >= 4 is 12.0 Å². The van der Waals surface area contributed by atoms with Crippen molar-refractivity contribution in [1.29, 1.82) is 0 Å². The Hall–Kier alpha value is -2.15. The van der Waals surface area contributed by atoms with Crippen molar-refractivity contribution < 1.29 is 19.8 Å². The average molecular weight is 293 g/mol. The van der Waals surface area contributed by atoms with E-state index in [9.17, 15) is 14.7 Å². The van der Waals surface area contributed by atoms with Gasteiger partial charge in [-0.3, -0.25) is 4.98 Å². The average Bonchev–Trinajstić information content (AvgIpc) is 2.80. The van der Waals surface area contributed by atoms with E-state index in [2.05, 4.69) is 4.98 Å². The minimum absolute atomic E-state index is 0.0430. The number of urea groups is 1. The molecule has 0 radical (unpaired) electrons. The lowest BCUT2D eigenvalue weighted by Gasteiger charge is -2.27. The number of carboxylic acids is 1. The summed E-state index contributed by atoms with van der Waals surface area (Å²) in [6.45, 7) is 2.20. The fourth-order valence-corrected chi connectivity index (χ4v) is 2.48. The van der Waals surface area contributed by atoms with Gasteiger partial charge in [0, 0.05) is 25.7 Å². The Kier molecular flexibility index (Phi) is 4.42. The van der Waals surface area contributed by atoms with Crippen LogP contribution in [0.3, 0.4) is 0 Å². The molecule has 2 amide bonds. The minimum atomic E-state index is -1.10. The van der Waals surface area contributed by atoms with Gasteiger partial charge in [-0.05, 0) is 19.1 Å². The third-order valence-corrected chi connectivity index (χ3v) is 3.48. The third-order valence-electron chi connectivity index (χ3n) is 3.48. The summed E-state index contributed by atoms with van der Waals surface area (Å²) in [6.07, 6.45) is -0.724. The van der Waals surface area contributed by atoms with Crippen molar-refractivity contribution in [3.8, 4) is 0 Å². The van der Waals surface area contributed by atoms with Crippen molar-refractivity contribution in [1.82, 2.24) is 14.8 Å². The SMILES string of the molecule is Cc1cccc(CN(C)C(=O)N2C[C@H](O)C[C@@H]2C(=O)O)n1. The number of aliphatic hydroxyl groups excluding tert-OH is 1. The first-order valence-corrected chi connectivity index (χ1v) is 6.73. The highest BCUT2D eigenvalue weighted by molar-refractivity contribution is 5.83. The Morgan fingerprint density at radius 2 is 2.19 bits per heavy atom. The number of likely N-dealkylation sites (tertiary alicyclic amines) is 1. The normalized spacial score (nSPS) is 21.4. The zero-order valence-electron chi connectivity index (χ0n) is 12.1. The van der Waals surface area contributed by atoms with E-state index in [0.29, 0.717) is 6.54 Å². The van der Waals surface area contributed by atoms with Crippen LogP contribution in [0.4, 0.5) is 4.79 Å². The number of hydrogen-bond donors (Lipinski definition) is 2. The quantitative estimate of drug-likeness (QED) is 0.844. The Morgan fingerprint density at radius 1 is 1.48 bits per heavy atom. The van der Waals surface area contributed by atoms with Gasteiger partial charge < -0.3 is 20.0 Å². The van der Waals surface area contributed by atoms with Gasteiger partial charge in [-0.2, -0.15) is 0 Å². The topological polar surface area (TPSA) is 94.0 Å². The van der Waals surface area contributed by atoms with Crippen molar-refractivity contribution in [3.63, 3.8) is 0 Å². The number of nitrogens with zero attached hydrogens (tertiary/aromatic N) is 3. The molecule has 1 aliphatic heterocycles. The molecule has 1 fully saturated rings. The maximum atomic E-state index is 12.3. The zero-order valence-corrected chi connectivity index (χ0v) is 12.1. The summed E-state index contributed by atoms with van der Waals surface area (Å²) in [7, 11) is 1.59. The van der Waals surface area contributed by atoms with Crippen LogP contribution in [0.2, 0.25) is 0 Å². The number of aromatic nitrogens is 1. The van der Waals surface area contributed by atoms with Crippen LogP contribution < -0.4 is 0 Å². The lowest BCUT2D eigenvalue weighted by Crippen LogP contribution is -2.46. The molecule has 0 saturated carbocycles. The molecule has 2 N–H and O–H groups in total. The summed E-state index contributed by atoms with van der Waals surface area (Å²) in [5, 5.41) is 18.7. The molecule has 0 spiro atoms. The number of β-amino-alcohol motifs (C(OH)–C–C–N with tert-alkyl or cyclic N) is 1. The first-order chi connectivity index (χ1) is 9.88. The number of carbonyl (C=O) groups excluding carboxylic acids is 1.